The lowest BCUT2D eigenvalue weighted by molar-refractivity contribution is -0.121. The number of aryl methyl sites for hydroxylation is 1. The number of ether oxygens (including phenoxy) is 1. The second kappa shape index (κ2) is 8.47. The third-order valence-corrected chi connectivity index (χ3v) is 4.04. The molecule has 2 rings (SSSR count). The zero-order chi connectivity index (χ0) is 14.9. The van der Waals surface area contributed by atoms with Crippen LogP contribution in [0.1, 0.15) is 30.2 Å². The van der Waals surface area contributed by atoms with Crippen LogP contribution in [0.3, 0.4) is 0 Å². The largest absolute Gasteiger partial charge is 0.494 e. The van der Waals surface area contributed by atoms with Crippen molar-refractivity contribution in [2.75, 3.05) is 6.61 Å². The predicted molar refractivity (Wildman–Crippen MR) is 86.7 cm³/mol. The molecule has 1 aromatic carbocycles. The molecule has 0 saturated heterocycles. The fraction of sp³-hybridized carbons (Fsp3) is 0.353. The predicted octanol–water partition coefficient (Wildman–Crippen LogP) is 3.79. The Kier molecular flexibility index (Phi) is 6.28. The van der Waals surface area contributed by atoms with E-state index in [4.69, 9.17) is 4.74 Å². The van der Waals surface area contributed by atoms with Gasteiger partial charge in [-0.1, -0.05) is 18.2 Å². The van der Waals surface area contributed by atoms with Crippen LogP contribution in [0.4, 0.5) is 0 Å². The van der Waals surface area contributed by atoms with Crippen LogP contribution in [0.5, 0.6) is 5.75 Å². The van der Waals surface area contributed by atoms with Crippen LogP contribution in [-0.4, -0.2) is 12.5 Å². The molecule has 112 valence electrons. The first-order chi connectivity index (χ1) is 10.3. The smallest absolute Gasteiger partial charge is 0.220 e. The monoisotopic (exact) mass is 303 g/mol. The maximum atomic E-state index is 11.8. The van der Waals surface area contributed by atoms with Crippen LogP contribution in [0.15, 0.2) is 41.8 Å². The number of rotatable bonds is 8. The summed E-state index contributed by atoms with van der Waals surface area (Å²) < 4.78 is 5.45. The van der Waals surface area contributed by atoms with Gasteiger partial charge in [-0.3, -0.25) is 4.79 Å². The van der Waals surface area contributed by atoms with Crippen LogP contribution in [0.25, 0.3) is 0 Å². The Bertz CT molecular complexity index is 552. The van der Waals surface area contributed by atoms with Crippen molar-refractivity contribution in [3.05, 3.63) is 52.2 Å². The van der Waals surface area contributed by atoms with Crippen molar-refractivity contribution in [2.24, 2.45) is 0 Å². The summed E-state index contributed by atoms with van der Waals surface area (Å²) in [6, 6.07) is 12.0. The highest BCUT2D eigenvalue weighted by atomic mass is 32.1. The average molecular weight is 303 g/mol. The summed E-state index contributed by atoms with van der Waals surface area (Å²) in [5.41, 5.74) is 1.06. The van der Waals surface area contributed by atoms with Crippen molar-refractivity contribution in [3.8, 4) is 5.75 Å². The second-order valence-electron chi connectivity index (χ2n) is 4.79. The Hall–Kier alpha value is -1.81. The molecule has 1 aromatic heterocycles. The van der Waals surface area contributed by atoms with Crippen molar-refractivity contribution in [3.63, 3.8) is 0 Å². The summed E-state index contributed by atoms with van der Waals surface area (Å²) >= 11 is 1.75. The lowest BCUT2D eigenvalue weighted by Crippen LogP contribution is -2.22. The minimum absolute atomic E-state index is 0.105. The first-order valence-corrected chi connectivity index (χ1v) is 8.16. The second-order valence-corrected chi connectivity index (χ2v) is 5.82. The molecule has 1 amide bonds. The quantitative estimate of drug-likeness (QED) is 0.806. The van der Waals surface area contributed by atoms with Gasteiger partial charge in [-0.15, -0.1) is 11.3 Å². The summed E-state index contributed by atoms with van der Waals surface area (Å²) in [6.45, 7) is 3.17. The van der Waals surface area contributed by atoms with Crippen LogP contribution >= 0.6 is 11.3 Å². The molecule has 21 heavy (non-hydrogen) atoms. The van der Waals surface area contributed by atoms with Gasteiger partial charge in [0.25, 0.3) is 0 Å². The van der Waals surface area contributed by atoms with E-state index in [1.165, 1.54) is 4.88 Å². The fourth-order valence-electron chi connectivity index (χ4n) is 2.08. The Morgan fingerprint density at radius 1 is 1.29 bits per heavy atom. The number of nitrogens with one attached hydrogen (secondary N) is 1. The van der Waals surface area contributed by atoms with E-state index < -0.39 is 0 Å². The van der Waals surface area contributed by atoms with Gasteiger partial charge in [-0.25, -0.2) is 0 Å². The number of benzene rings is 1. The van der Waals surface area contributed by atoms with E-state index in [0.717, 1.165) is 24.2 Å². The summed E-state index contributed by atoms with van der Waals surface area (Å²) in [7, 11) is 0. The Morgan fingerprint density at radius 2 is 2.19 bits per heavy atom. The summed E-state index contributed by atoms with van der Waals surface area (Å²) in [6.07, 6.45) is 2.44. The molecule has 0 unspecified atom stereocenters. The molecular formula is C17H21NO2S. The van der Waals surface area contributed by atoms with E-state index in [1.807, 2.05) is 37.3 Å². The van der Waals surface area contributed by atoms with E-state index >= 15 is 0 Å². The highest BCUT2D eigenvalue weighted by Crippen LogP contribution is 2.14. The molecule has 4 heteroatoms. The Labute approximate surface area is 130 Å². The van der Waals surface area contributed by atoms with Crippen molar-refractivity contribution < 1.29 is 9.53 Å². The molecule has 0 saturated carbocycles. The Morgan fingerprint density at radius 3 is 2.95 bits per heavy atom. The van der Waals surface area contributed by atoms with E-state index in [-0.39, 0.29) is 5.91 Å². The van der Waals surface area contributed by atoms with Gasteiger partial charge in [0.15, 0.2) is 0 Å². The van der Waals surface area contributed by atoms with Gasteiger partial charge in [0.2, 0.25) is 5.91 Å². The molecule has 1 heterocycles. The zero-order valence-electron chi connectivity index (χ0n) is 12.3. The van der Waals surface area contributed by atoms with Crippen LogP contribution in [-0.2, 0) is 17.8 Å². The van der Waals surface area contributed by atoms with Gasteiger partial charge >= 0.3 is 0 Å². The maximum absolute atomic E-state index is 11.8. The topological polar surface area (TPSA) is 38.3 Å². The molecule has 0 aliphatic carbocycles. The van der Waals surface area contributed by atoms with Crippen molar-refractivity contribution in [1.29, 1.82) is 0 Å². The molecule has 0 spiro atoms. The van der Waals surface area contributed by atoms with E-state index in [1.54, 1.807) is 11.3 Å². The molecule has 3 nitrogen and oxygen atoms in total. The zero-order valence-corrected chi connectivity index (χ0v) is 13.1. The van der Waals surface area contributed by atoms with Crippen LogP contribution < -0.4 is 10.1 Å². The minimum Gasteiger partial charge on any atom is -0.494 e. The molecule has 0 fully saturated rings. The maximum Gasteiger partial charge on any atom is 0.220 e. The fourth-order valence-corrected chi connectivity index (χ4v) is 2.83. The van der Waals surface area contributed by atoms with Crippen molar-refractivity contribution >= 4 is 17.2 Å². The number of thiophene rings is 1. The Balaban J connectivity index is 1.69. The number of carbonyl (C=O) groups excluding carboxylic acids is 1. The van der Waals surface area contributed by atoms with Gasteiger partial charge in [0.1, 0.15) is 5.75 Å². The SMILES string of the molecule is CCOc1cccc(CNC(=O)CCCc2cccs2)c1. The summed E-state index contributed by atoms with van der Waals surface area (Å²) in [4.78, 5) is 13.2. The van der Waals surface area contributed by atoms with Gasteiger partial charge < -0.3 is 10.1 Å². The highest BCUT2D eigenvalue weighted by molar-refractivity contribution is 7.09. The number of hydrogen-bond acceptors (Lipinski definition) is 3. The lowest BCUT2D eigenvalue weighted by atomic mass is 10.2. The van der Waals surface area contributed by atoms with E-state index in [2.05, 4.69) is 16.8 Å². The normalized spacial score (nSPS) is 10.3. The molecule has 1 N–H and O–H groups in total. The number of hydrogen-bond donors (Lipinski definition) is 1. The van der Waals surface area contributed by atoms with Crippen LogP contribution in [0, 0.1) is 0 Å². The lowest BCUT2D eigenvalue weighted by Gasteiger charge is -2.07. The summed E-state index contributed by atoms with van der Waals surface area (Å²) in [5.74, 6) is 0.954. The molecular weight excluding hydrogens is 282 g/mol. The molecule has 0 aliphatic heterocycles. The van der Waals surface area contributed by atoms with E-state index in [9.17, 15) is 4.79 Å². The third kappa shape index (κ3) is 5.60. The standard InChI is InChI=1S/C17H21NO2S/c1-2-20-15-7-3-6-14(12-15)13-18-17(19)10-4-8-16-9-5-11-21-16/h3,5-7,9,11-12H,2,4,8,10,13H2,1H3,(H,18,19). The first kappa shape index (κ1) is 15.6. The highest BCUT2D eigenvalue weighted by Gasteiger charge is 2.03. The van der Waals surface area contributed by atoms with Gasteiger partial charge in [0.05, 0.1) is 6.61 Å². The van der Waals surface area contributed by atoms with Gasteiger partial charge in [-0.05, 0) is 48.9 Å². The molecule has 0 radical (unpaired) electrons. The van der Waals surface area contributed by atoms with E-state index in [0.29, 0.717) is 19.6 Å². The van der Waals surface area contributed by atoms with Crippen LogP contribution in [0.2, 0.25) is 0 Å². The molecule has 2 aromatic rings. The van der Waals surface area contributed by atoms with Gasteiger partial charge in [-0.2, -0.15) is 0 Å². The van der Waals surface area contributed by atoms with Gasteiger partial charge in [0, 0.05) is 17.8 Å². The summed E-state index contributed by atoms with van der Waals surface area (Å²) in [5, 5.41) is 5.03. The molecule has 0 atom stereocenters. The number of carbonyl (C=O) groups is 1. The molecule has 0 aliphatic rings. The van der Waals surface area contributed by atoms with Crippen molar-refractivity contribution in [1.82, 2.24) is 5.32 Å². The first-order valence-electron chi connectivity index (χ1n) is 7.28. The third-order valence-electron chi connectivity index (χ3n) is 3.11. The number of amides is 1. The minimum atomic E-state index is 0.105. The van der Waals surface area contributed by atoms with Crippen molar-refractivity contribution in [2.45, 2.75) is 32.7 Å². The average Bonchev–Trinajstić information content (AvgIpc) is 2.99. The molecule has 0 bridgehead atoms.